The molecule has 7 unspecified atom stereocenters. The molecule has 3 fully saturated rings. The van der Waals surface area contributed by atoms with Gasteiger partial charge in [0.05, 0.1) is 5.41 Å². The molecule has 4 aliphatic rings. The van der Waals surface area contributed by atoms with Crippen LogP contribution in [0.1, 0.15) is 77.0 Å². The summed E-state index contributed by atoms with van der Waals surface area (Å²) >= 11 is 0. The third-order valence-corrected chi connectivity index (χ3v) is 10.8. The molecule has 0 heterocycles. The molecule has 5 heteroatoms. The minimum Gasteiger partial charge on any atom is -0.504 e. The van der Waals surface area contributed by atoms with Crippen molar-refractivity contribution in [3.8, 4) is 11.5 Å². The molecule has 5 rings (SSSR count). The van der Waals surface area contributed by atoms with Gasteiger partial charge in [-0.2, -0.15) is 0 Å². The Kier molecular flexibility index (Phi) is 4.46. The number of phenols is 2. The Hall–Kier alpha value is -2.14. The molecule has 3 N–H and O–H groups in total. The average Bonchev–Trinajstić information content (AvgIpc) is 2.76. The summed E-state index contributed by atoms with van der Waals surface area (Å²) in [7, 11) is 0. The normalized spacial score (nSPS) is 44.3. The van der Waals surface area contributed by atoms with Crippen LogP contribution in [0, 0.1) is 35.0 Å². The van der Waals surface area contributed by atoms with Crippen LogP contribution in [0.25, 0.3) is 0 Å². The van der Waals surface area contributed by atoms with Gasteiger partial charge in [-0.1, -0.05) is 33.8 Å². The first-order chi connectivity index (χ1) is 15.2. The molecule has 1 aromatic carbocycles. The van der Waals surface area contributed by atoms with Crippen LogP contribution in [-0.4, -0.2) is 33.0 Å². The molecule has 0 aromatic heterocycles. The highest BCUT2D eigenvalue weighted by Gasteiger charge is 2.71. The smallest absolute Gasteiger partial charge is 0.164 e. The maximum absolute atomic E-state index is 14.1. The maximum Gasteiger partial charge on any atom is 0.164 e. The number of hydrogen-bond acceptors (Lipinski definition) is 5. The lowest BCUT2D eigenvalue weighted by atomic mass is 9.34. The predicted molar refractivity (Wildman–Crippen MR) is 125 cm³/mol. The van der Waals surface area contributed by atoms with E-state index >= 15 is 0 Å². The number of fused-ring (bicyclic) bond motifs is 7. The molecule has 4 aliphatic carbocycles. The van der Waals surface area contributed by atoms with Gasteiger partial charge in [-0.05, 0) is 79.2 Å². The van der Waals surface area contributed by atoms with Crippen LogP contribution in [-0.2, 0) is 21.4 Å². The number of ketones is 2. The molecule has 1 aromatic rings. The highest BCUT2D eigenvalue weighted by Crippen LogP contribution is 2.72. The lowest BCUT2D eigenvalue weighted by molar-refractivity contribution is -0.192. The number of aromatic hydroxyl groups is 2. The second-order valence-corrected chi connectivity index (χ2v) is 12.2. The summed E-state index contributed by atoms with van der Waals surface area (Å²) < 4.78 is 0. The monoisotopic (exact) mass is 452 g/mol. The van der Waals surface area contributed by atoms with Crippen molar-refractivity contribution < 1.29 is 24.9 Å². The molecule has 33 heavy (non-hydrogen) atoms. The summed E-state index contributed by atoms with van der Waals surface area (Å²) in [6.07, 6.45) is 4.19. The third kappa shape index (κ3) is 2.42. The molecule has 0 amide bonds. The van der Waals surface area contributed by atoms with Crippen LogP contribution in [0.3, 0.4) is 0 Å². The van der Waals surface area contributed by atoms with E-state index in [4.69, 9.17) is 0 Å². The van der Waals surface area contributed by atoms with Gasteiger partial charge in [-0.15, -0.1) is 0 Å². The van der Waals surface area contributed by atoms with Crippen LogP contribution in [0.5, 0.6) is 11.5 Å². The number of hydrogen-bond donors (Lipinski definition) is 3. The molecule has 0 saturated heterocycles. The lowest BCUT2D eigenvalue weighted by Gasteiger charge is -2.68. The number of aliphatic hydroxyl groups is 1. The number of phenolic OH excluding ortho intramolecular Hbond substituents is 2. The van der Waals surface area contributed by atoms with Crippen LogP contribution >= 0.6 is 0 Å². The first-order valence-electron chi connectivity index (χ1n) is 12.2. The van der Waals surface area contributed by atoms with E-state index < -0.39 is 22.3 Å². The zero-order chi connectivity index (χ0) is 24.3. The first-order valence-corrected chi connectivity index (χ1v) is 12.2. The standard InChI is InChI=1S/C28H36O5/c1-14-11-20-26(4,24(33)22(14)31)13-21(30)28(6)19-8-7-16-15(2)23(32)18(29)12-17(16)25(19,3)9-10-27(20,28)5/h8,12,14,20,24,29,32-33H,7,9-11,13H2,1-6H3. The predicted octanol–water partition coefficient (Wildman–Crippen LogP) is 4.52. The topological polar surface area (TPSA) is 94.8 Å². The first kappa shape index (κ1) is 22.6. The Labute approximate surface area is 195 Å². The highest BCUT2D eigenvalue weighted by molar-refractivity contribution is 5.94. The molecule has 5 nitrogen and oxygen atoms in total. The van der Waals surface area contributed by atoms with Crippen molar-refractivity contribution in [3.05, 3.63) is 34.4 Å². The largest absolute Gasteiger partial charge is 0.504 e. The van der Waals surface area contributed by atoms with Gasteiger partial charge in [0.15, 0.2) is 17.3 Å². The number of aliphatic hydroxyl groups excluding tert-OH is 1. The fourth-order valence-corrected chi connectivity index (χ4v) is 8.50. The second-order valence-electron chi connectivity index (χ2n) is 12.2. The van der Waals surface area contributed by atoms with Gasteiger partial charge in [0.1, 0.15) is 11.9 Å². The Morgan fingerprint density at radius 2 is 1.73 bits per heavy atom. The summed E-state index contributed by atoms with van der Waals surface area (Å²) in [5.41, 5.74) is 1.57. The van der Waals surface area contributed by atoms with Gasteiger partial charge in [-0.3, -0.25) is 9.59 Å². The summed E-state index contributed by atoms with van der Waals surface area (Å²) in [6.45, 7) is 12.1. The van der Waals surface area contributed by atoms with Crippen LogP contribution in [0.15, 0.2) is 17.7 Å². The minimum atomic E-state index is -1.10. The van der Waals surface area contributed by atoms with Gasteiger partial charge >= 0.3 is 0 Å². The van der Waals surface area contributed by atoms with E-state index in [1.165, 1.54) is 0 Å². The van der Waals surface area contributed by atoms with Crippen LogP contribution < -0.4 is 0 Å². The Balaban J connectivity index is 1.69. The van der Waals surface area contributed by atoms with E-state index in [-0.39, 0.29) is 46.7 Å². The quantitative estimate of drug-likeness (QED) is 0.397. The van der Waals surface area contributed by atoms with Gasteiger partial charge in [0.25, 0.3) is 0 Å². The van der Waals surface area contributed by atoms with Crippen molar-refractivity contribution >= 4 is 11.6 Å². The van der Waals surface area contributed by atoms with Crippen LogP contribution in [0.4, 0.5) is 0 Å². The number of benzene rings is 1. The van der Waals surface area contributed by atoms with E-state index in [1.54, 1.807) is 6.07 Å². The molecule has 0 aliphatic heterocycles. The van der Waals surface area contributed by atoms with Gasteiger partial charge < -0.3 is 15.3 Å². The summed E-state index contributed by atoms with van der Waals surface area (Å²) in [6, 6.07) is 1.69. The van der Waals surface area contributed by atoms with E-state index in [2.05, 4.69) is 26.8 Å². The van der Waals surface area contributed by atoms with Crippen molar-refractivity contribution in [1.82, 2.24) is 0 Å². The molecular weight excluding hydrogens is 416 g/mol. The highest BCUT2D eigenvalue weighted by atomic mass is 16.3. The second kappa shape index (κ2) is 6.50. The van der Waals surface area contributed by atoms with E-state index in [0.717, 1.165) is 29.5 Å². The fraction of sp³-hybridized carbons (Fsp3) is 0.643. The molecule has 0 radical (unpaired) electrons. The number of Topliss-reactive ketones (excluding diaryl/α,β-unsaturated/α-hetero) is 2. The van der Waals surface area contributed by atoms with E-state index in [0.29, 0.717) is 18.4 Å². The van der Waals surface area contributed by atoms with Crippen molar-refractivity contribution in [1.29, 1.82) is 0 Å². The average molecular weight is 453 g/mol. The summed E-state index contributed by atoms with van der Waals surface area (Å²) in [4.78, 5) is 26.8. The zero-order valence-electron chi connectivity index (χ0n) is 20.6. The van der Waals surface area contributed by atoms with E-state index in [1.807, 2.05) is 20.8 Å². The molecule has 0 bridgehead atoms. The van der Waals surface area contributed by atoms with Gasteiger partial charge in [0.2, 0.25) is 0 Å². The molecule has 7 atom stereocenters. The number of carbonyl (C=O) groups is 2. The van der Waals surface area contributed by atoms with Crippen molar-refractivity contribution in [2.24, 2.45) is 28.1 Å². The summed E-state index contributed by atoms with van der Waals surface area (Å²) in [5, 5.41) is 31.8. The number of carbonyl (C=O) groups excluding carboxylic acids is 2. The molecule has 3 saturated carbocycles. The van der Waals surface area contributed by atoms with Crippen molar-refractivity contribution in [2.45, 2.75) is 85.2 Å². The third-order valence-electron chi connectivity index (χ3n) is 10.8. The minimum absolute atomic E-state index is 0.0530. The summed E-state index contributed by atoms with van der Waals surface area (Å²) in [5.74, 6) is -0.379. The molecular formula is C28H36O5. The fourth-order valence-electron chi connectivity index (χ4n) is 8.50. The van der Waals surface area contributed by atoms with Crippen molar-refractivity contribution in [2.75, 3.05) is 0 Å². The maximum atomic E-state index is 14.1. The van der Waals surface area contributed by atoms with Crippen LogP contribution in [0.2, 0.25) is 0 Å². The van der Waals surface area contributed by atoms with Gasteiger partial charge in [-0.25, -0.2) is 0 Å². The zero-order valence-corrected chi connectivity index (χ0v) is 20.6. The van der Waals surface area contributed by atoms with Crippen molar-refractivity contribution in [3.63, 3.8) is 0 Å². The SMILES string of the molecule is Cc1c(O)c(O)cc2c1CC=C1C2(C)CCC2(C)C3CC(C)C(=O)C(O)C3(C)CC(=O)C12C. The Morgan fingerprint density at radius 1 is 1.06 bits per heavy atom. The number of allylic oxidation sites excluding steroid dienone is 2. The Morgan fingerprint density at radius 3 is 2.39 bits per heavy atom. The lowest BCUT2D eigenvalue weighted by Crippen LogP contribution is -2.68. The Bertz CT molecular complexity index is 1130. The number of rotatable bonds is 0. The van der Waals surface area contributed by atoms with Gasteiger partial charge in [0, 0.05) is 23.2 Å². The molecule has 0 spiro atoms. The molecule has 178 valence electrons. The van der Waals surface area contributed by atoms with E-state index in [9.17, 15) is 24.9 Å².